The lowest BCUT2D eigenvalue weighted by molar-refractivity contribution is -0.274. The Kier molecular flexibility index (Phi) is 4.83. The van der Waals surface area contributed by atoms with Crippen molar-refractivity contribution < 1.29 is 27.1 Å². The van der Waals surface area contributed by atoms with E-state index >= 15 is 0 Å². The molecule has 11 heteroatoms. The number of aromatic nitrogens is 1. The molecule has 2 N–H and O–H groups in total. The first-order valence-electron chi connectivity index (χ1n) is 7.17. The van der Waals surface area contributed by atoms with E-state index in [9.17, 15) is 22.4 Å². The molecule has 138 valence electrons. The molecule has 3 rings (SSSR count). The molecule has 0 saturated carbocycles. The molecule has 0 aliphatic rings. The minimum Gasteiger partial charge on any atom is -0.406 e. The van der Waals surface area contributed by atoms with Crippen molar-refractivity contribution in [3.05, 3.63) is 47.8 Å². The lowest BCUT2D eigenvalue weighted by atomic mass is 10.2. The van der Waals surface area contributed by atoms with Crippen LogP contribution in [0.15, 0.2) is 36.4 Å². The second-order valence-corrected chi connectivity index (χ2v) is 6.11. The summed E-state index contributed by atoms with van der Waals surface area (Å²) in [6.45, 7) is 0. The van der Waals surface area contributed by atoms with E-state index in [-0.39, 0.29) is 16.4 Å². The predicted molar refractivity (Wildman–Crippen MR) is 90.1 cm³/mol. The van der Waals surface area contributed by atoms with E-state index in [1.54, 1.807) is 6.07 Å². The molecule has 2 aromatic carbocycles. The molecule has 0 atom stereocenters. The Morgan fingerprint density at radius 1 is 1.19 bits per heavy atom. The Hall–Kier alpha value is -3.39. The number of nitriles is 1. The van der Waals surface area contributed by atoms with E-state index < -0.39 is 24.0 Å². The zero-order valence-corrected chi connectivity index (χ0v) is 13.9. The van der Waals surface area contributed by atoms with E-state index in [1.165, 1.54) is 18.2 Å². The van der Waals surface area contributed by atoms with Gasteiger partial charge in [0.25, 0.3) is 0 Å². The fourth-order valence-corrected chi connectivity index (χ4v) is 2.99. The molecule has 0 fully saturated rings. The molecule has 6 nitrogen and oxygen atoms in total. The normalized spacial score (nSPS) is 11.1. The Morgan fingerprint density at radius 3 is 2.63 bits per heavy atom. The van der Waals surface area contributed by atoms with Gasteiger partial charge in [0, 0.05) is 11.8 Å². The maximum atomic E-state index is 13.5. The third-order valence-corrected chi connectivity index (χ3v) is 4.09. The smallest absolute Gasteiger partial charge is 0.406 e. The van der Waals surface area contributed by atoms with Gasteiger partial charge in [-0.05, 0) is 30.3 Å². The fourth-order valence-electron chi connectivity index (χ4n) is 2.10. The van der Waals surface area contributed by atoms with Crippen molar-refractivity contribution in [2.45, 2.75) is 6.36 Å². The summed E-state index contributed by atoms with van der Waals surface area (Å²) in [4.78, 5) is 16.0. The molecule has 0 radical (unpaired) electrons. The van der Waals surface area contributed by atoms with E-state index in [2.05, 4.69) is 20.4 Å². The van der Waals surface area contributed by atoms with Crippen molar-refractivity contribution in [3.63, 3.8) is 0 Å². The third kappa shape index (κ3) is 4.62. The number of ether oxygens (including phenoxy) is 1. The molecule has 1 aromatic heterocycles. The number of hydrogen-bond acceptors (Lipinski definition) is 5. The van der Waals surface area contributed by atoms with Crippen LogP contribution in [0.5, 0.6) is 5.75 Å². The number of amides is 2. The van der Waals surface area contributed by atoms with Gasteiger partial charge in [-0.25, -0.2) is 14.2 Å². The molecule has 2 amide bonds. The molecule has 0 aliphatic heterocycles. The predicted octanol–water partition coefficient (Wildman–Crippen LogP) is 4.85. The Balaban J connectivity index is 1.71. The second-order valence-electron chi connectivity index (χ2n) is 5.08. The van der Waals surface area contributed by atoms with Gasteiger partial charge in [0.2, 0.25) is 0 Å². The number of carbonyl (C=O) groups excluding carboxylic acids is 1. The maximum Gasteiger partial charge on any atom is 0.573 e. The van der Waals surface area contributed by atoms with E-state index in [1.807, 2.05) is 0 Å². The molecule has 0 aliphatic carbocycles. The number of urea groups is 1. The first kappa shape index (κ1) is 18.4. The first-order chi connectivity index (χ1) is 12.7. The summed E-state index contributed by atoms with van der Waals surface area (Å²) < 4.78 is 54.5. The Bertz CT molecular complexity index is 1060. The van der Waals surface area contributed by atoms with Crippen LogP contribution >= 0.6 is 11.3 Å². The molecule has 0 bridgehead atoms. The van der Waals surface area contributed by atoms with Gasteiger partial charge in [-0.2, -0.15) is 5.26 Å². The average Bonchev–Trinajstić information content (AvgIpc) is 2.94. The number of anilines is 2. The van der Waals surface area contributed by atoms with Gasteiger partial charge in [0.05, 0.1) is 15.8 Å². The maximum absolute atomic E-state index is 13.5. The van der Waals surface area contributed by atoms with Crippen LogP contribution < -0.4 is 15.4 Å². The van der Waals surface area contributed by atoms with Crippen LogP contribution in [0.1, 0.15) is 5.56 Å². The highest BCUT2D eigenvalue weighted by molar-refractivity contribution is 7.22. The van der Waals surface area contributed by atoms with E-state index in [4.69, 9.17) is 5.26 Å². The summed E-state index contributed by atoms with van der Waals surface area (Å²) >= 11 is 0.938. The number of alkyl halides is 3. The fraction of sp³-hybridized carbons (Fsp3) is 0.0625. The second kappa shape index (κ2) is 7.08. The van der Waals surface area contributed by atoms with Crippen LogP contribution in [0.4, 0.5) is 33.2 Å². The van der Waals surface area contributed by atoms with Crippen LogP contribution in [-0.4, -0.2) is 17.4 Å². The number of nitrogens with zero attached hydrogens (tertiary/aromatic N) is 2. The molecule has 0 saturated heterocycles. The number of halogens is 4. The summed E-state index contributed by atoms with van der Waals surface area (Å²) in [5, 5.41) is 13.6. The van der Waals surface area contributed by atoms with Crippen molar-refractivity contribution in [2.24, 2.45) is 0 Å². The number of hydrogen-bond donors (Lipinski definition) is 2. The number of carbonyl (C=O) groups is 1. The minimum absolute atomic E-state index is 0.117. The number of fused-ring (bicyclic) bond motifs is 1. The number of nitrogens with one attached hydrogen (secondary N) is 2. The molecular formula is C16H8F4N4O2S. The summed E-state index contributed by atoms with van der Waals surface area (Å²) in [5.41, 5.74) is 0.323. The average molecular weight is 396 g/mol. The van der Waals surface area contributed by atoms with Crippen LogP contribution in [-0.2, 0) is 0 Å². The highest BCUT2D eigenvalue weighted by Crippen LogP contribution is 2.31. The summed E-state index contributed by atoms with van der Waals surface area (Å²) in [5.74, 6) is -1.19. The summed E-state index contributed by atoms with van der Waals surface area (Å²) in [6, 6.07) is 8.06. The van der Waals surface area contributed by atoms with Gasteiger partial charge < -0.3 is 10.1 Å². The van der Waals surface area contributed by atoms with Gasteiger partial charge >= 0.3 is 12.4 Å². The van der Waals surface area contributed by atoms with Crippen molar-refractivity contribution in [2.75, 3.05) is 10.6 Å². The van der Waals surface area contributed by atoms with E-state index in [0.29, 0.717) is 10.2 Å². The van der Waals surface area contributed by atoms with Crippen LogP contribution in [0.3, 0.4) is 0 Å². The van der Waals surface area contributed by atoms with Gasteiger partial charge in [0.15, 0.2) is 5.13 Å². The lowest BCUT2D eigenvalue weighted by Gasteiger charge is -2.07. The highest BCUT2D eigenvalue weighted by atomic mass is 32.1. The molecule has 0 unspecified atom stereocenters. The largest absolute Gasteiger partial charge is 0.573 e. The monoisotopic (exact) mass is 396 g/mol. The molecule has 0 spiro atoms. The number of benzene rings is 2. The third-order valence-electron chi connectivity index (χ3n) is 3.16. The number of rotatable bonds is 3. The Morgan fingerprint density at radius 2 is 1.96 bits per heavy atom. The van der Waals surface area contributed by atoms with Crippen LogP contribution in [0.25, 0.3) is 10.2 Å². The first-order valence-corrected chi connectivity index (χ1v) is 7.99. The SMILES string of the molecule is N#Cc1ccc(NC(=O)Nc2nc3ccc(OC(F)(F)F)cc3s2)cc1F. The standard InChI is InChI=1S/C16H8F4N4O2S/c17-11-5-9(2-1-8(11)7-21)22-14(25)24-15-23-12-4-3-10(6-13(12)27-15)26-16(18,19)20/h1-6H,(H2,22,23,24,25). The molecular weight excluding hydrogens is 388 g/mol. The molecule has 27 heavy (non-hydrogen) atoms. The van der Waals surface area contributed by atoms with E-state index in [0.717, 1.165) is 29.5 Å². The van der Waals surface area contributed by atoms with Gasteiger partial charge in [0.1, 0.15) is 17.6 Å². The summed E-state index contributed by atoms with van der Waals surface area (Å²) in [6.07, 6.45) is -4.81. The van der Waals surface area contributed by atoms with Crippen LogP contribution in [0.2, 0.25) is 0 Å². The van der Waals surface area contributed by atoms with Gasteiger partial charge in [-0.15, -0.1) is 13.2 Å². The summed E-state index contributed by atoms with van der Waals surface area (Å²) in [7, 11) is 0. The lowest BCUT2D eigenvalue weighted by Crippen LogP contribution is -2.19. The van der Waals surface area contributed by atoms with Crippen molar-refractivity contribution in [1.29, 1.82) is 5.26 Å². The molecule has 1 heterocycles. The van der Waals surface area contributed by atoms with Crippen molar-refractivity contribution >= 4 is 38.4 Å². The topological polar surface area (TPSA) is 87.0 Å². The van der Waals surface area contributed by atoms with Crippen LogP contribution in [0, 0.1) is 17.1 Å². The quantitative estimate of drug-likeness (QED) is 0.620. The zero-order chi connectivity index (χ0) is 19.6. The highest BCUT2D eigenvalue weighted by Gasteiger charge is 2.31. The minimum atomic E-state index is -4.81. The number of thiazole rings is 1. The molecule has 3 aromatic rings. The Labute approximate surface area is 153 Å². The zero-order valence-electron chi connectivity index (χ0n) is 13.1. The van der Waals surface area contributed by atoms with Gasteiger partial charge in [-0.3, -0.25) is 5.32 Å². The van der Waals surface area contributed by atoms with Crippen molar-refractivity contribution in [1.82, 2.24) is 4.98 Å². The van der Waals surface area contributed by atoms with Crippen molar-refractivity contribution in [3.8, 4) is 11.8 Å². The van der Waals surface area contributed by atoms with Gasteiger partial charge in [-0.1, -0.05) is 11.3 Å².